The van der Waals surface area contributed by atoms with E-state index in [2.05, 4.69) is 11.0 Å². The summed E-state index contributed by atoms with van der Waals surface area (Å²) < 4.78 is 0. The van der Waals surface area contributed by atoms with Crippen LogP contribution in [0.1, 0.15) is 24.0 Å². The molecule has 2 rings (SSSR count). The summed E-state index contributed by atoms with van der Waals surface area (Å²) in [7, 11) is 0. The number of rotatable bonds is 2. The van der Waals surface area contributed by atoms with Crippen LogP contribution >= 0.6 is 11.6 Å². The van der Waals surface area contributed by atoms with Gasteiger partial charge in [0.25, 0.3) is 0 Å². The predicted molar refractivity (Wildman–Crippen MR) is 73.5 cm³/mol. The number of benzene rings is 1. The van der Waals surface area contributed by atoms with Crippen LogP contribution in [0.4, 0.5) is 5.69 Å². The quantitative estimate of drug-likeness (QED) is 0.894. The molecule has 1 aromatic carbocycles. The molecule has 1 aliphatic heterocycles. The van der Waals surface area contributed by atoms with Crippen molar-refractivity contribution in [1.82, 2.24) is 0 Å². The van der Waals surface area contributed by atoms with Crippen LogP contribution in [0.15, 0.2) is 12.1 Å². The highest BCUT2D eigenvalue weighted by atomic mass is 35.5. The first kappa shape index (κ1) is 13.2. The lowest BCUT2D eigenvalue weighted by atomic mass is 9.97. The molecule has 18 heavy (non-hydrogen) atoms. The maximum atomic E-state index is 11.1. The Balaban J connectivity index is 2.29. The van der Waals surface area contributed by atoms with Gasteiger partial charge in [-0.1, -0.05) is 17.7 Å². The smallest absolute Gasteiger partial charge is 0.308 e. The fraction of sp³-hybridized carbons (Fsp3) is 0.500. The Morgan fingerprint density at radius 3 is 2.78 bits per heavy atom. The van der Waals surface area contributed by atoms with Crippen LogP contribution in [0.2, 0.25) is 5.02 Å². The molecule has 1 aliphatic rings. The molecule has 1 N–H and O–H groups in total. The van der Waals surface area contributed by atoms with Gasteiger partial charge in [-0.2, -0.15) is 0 Å². The van der Waals surface area contributed by atoms with E-state index in [9.17, 15) is 4.79 Å². The fourth-order valence-electron chi connectivity index (χ4n) is 2.69. The summed E-state index contributed by atoms with van der Waals surface area (Å²) in [5.74, 6) is -0.990. The van der Waals surface area contributed by atoms with Gasteiger partial charge < -0.3 is 10.0 Å². The van der Waals surface area contributed by atoms with Crippen molar-refractivity contribution in [1.29, 1.82) is 0 Å². The van der Waals surface area contributed by atoms with Crippen molar-refractivity contribution in [3.63, 3.8) is 0 Å². The summed E-state index contributed by atoms with van der Waals surface area (Å²) >= 11 is 6.31. The number of aryl methyl sites for hydroxylation is 2. The number of hydrogen-bond donors (Lipinski definition) is 1. The van der Waals surface area contributed by atoms with E-state index >= 15 is 0 Å². The van der Waals surface area contributed by atoms with Gasteiger partial charge in [0.15, 0.2) is 0 Å². The van der Waals surface area contributed by atoms with Gasteiger partial charge in [0, 0.05) is 13.1 Å². The number of carbonyl (C=O) groups is 1. The van der Waals surface area contributed by atoms with Crippen molar-refractivity contribution in [2.24, 2.45) is 5.92 Å². The average molecular weight is 268 g/mol. The summed E-state index contributed by atoms with van der Waals surface area (Å²) in [6.45, 7) is 5.48. The molecular weight excluding hydrogens is 250 g/mol. The monoisotopic (exact) mass is 267 g/mol. The Kier molecular flexibility index (Phi) is 3.81. The highest BCUT2D eigenvalue weighted by molar-refractivity contribution is 6.33. The molecule has 0 radical (unpaired) electrons. The van der Waals surface area contributed by atoms with Gasteiger partial charge >= 0.3 is 5.97 Å². The lowest BCUT2D eigenvalue weighted by Crippen LogP contribution is -2.39. The third-order valence-electron chi connectivity index (χ3n) is 3.49. The van der Waals surface area contributed by atoms with E-state index in [-0.39, 0.29) is 5.92 Å². The molecule has 1 heterocycles. The zero-order valence-corrected chi connectivity index (χ0v) is 11.5. The van der Waals surface area contributed by atoms with E-state index in [4.69, 9.17) is 16.7 Å². The lowest BCUT2D eigenvalue weighted by Gasteiger charge is -2.34. The van der Waals surface area contributed by atoms with E-state index in [1.165, 1.54) is 0 Å². The van der Waals surface area contributed by atoms with E-state index < -0.39 is 5.97 Å². The molecule has 1 atom stereocenters. The minimum atomic E-state index is -0.708. The molecule has 0 saturated carbocycles. The van der Waals surface area contributed by atoms with E-state index in [1.54, 1.807) is 0 Å². The van der Waals surface area contributed by atoms with E-state index in [1.807, 2.05) is 19.9 Å². The van der Waals surface area contributed by atoms with Crippen molar-refractivity contribution in [2.75, 3.05) is 18.0 Å². The third-order valence-corrected chi connectivity index (χ3v) is 3.77. The Morgan fingerprint density at radius 2 is 2.17 bits per heavy atom. The van der Waals surface area contributed by atoms with Crippen molar-refractivity contribution < 1.29 is 9.90 Å². The normalized spacial score (nSPS) is 19.9. The number of piperidine rings is 1. The number of halogens is 1. The Hall–Kier alpha value is -1.22. The van der Waals surface area contributed by atoms with Crippen LogP contribution in [0.25, 0.3) is 0 Å². The molecule has 1 unspecified atom stereocenters. The highest BCUT2D eigenvalue weighted by Gasteiger charge is 2.27. The van der Waals surface area contributed by atoms with Crippen LogP contribution in [0.5, 0.6) is 0 Å². The number of carboxylic acids is 1. The van der Waals surface area contributed by atoms with Gasteiger partial charge in [0.05, 0.1) is 16.6 Å². The van der Waals surface area contributed by atoms with Crippen LogP contribution in [0.3, 0.4) is 0 Å². The van der Waals surface area contributed by atoms with Crippen molar-refractivity contribution in [3.8, 4) is 0 Å². The molecule has 3 nitrogen and oxygen atoms in total. The number of hydrogen-bond acceptors (Lipinski definition) is 2. The summed E-state index contributed by atoms with van der Waals surface area (Å²) in [6, 6.07) is 4.03. The SMILES string of the molecule is Cc1cc(C)c(N2CCCC(C(=O)O)C2)c(Cl)c1. The summed E-state index contributed by atoms with van der Waals surface area (Å²) in [5, 5.41) is 9.85. The zero-order chi connectivity index (χ0) is 13.3. The number of nitrogens with zero attached hydrogens (tertiary/aromatic N) is 1. The number of carboxylic acid groups (broad SMARTS) is 1. The van der Waals surface area contributed by atoms with Crippen molar-refractivity contribution >= 4 is 23.3 Å². The molecule has 0 bridgehead atoms. The second kappa shape index (κ2) is 5.19. The maximum Gasteiger partial charge on any atom is 0.308 e. The zero-order valence-electron chi connectivity index (χ0n) is 10.7. The van der Waals surface area contributed by atoms with Gasteiger partial charge in [0.2, 0.25) is 0 Å². The van der Waals surface area contributed by atoms with Gasteiger partial charge in [0.1, 0.15) is 0 Å². The first-order chi connectivity index (χ1) is 8.49. The van der Waals surface area contributed by atoms with Gasteiger partial charge in [-0.15, -0.1) is 0 Å². The van der Waals surface area contributed by atoms with Crippen LogP contribution < -0.4 is 4.90 Å². The summed E-state index contributed by atoms with van der Waals surface area (Å²) in [6.07, 6.45) is 1.66. The van der Waals surface area contributed by atoms with Gasteiger partial charge in [-0.05, 0) is 43.9 Å². The summed E-state index contributed by atoms with van der Waals surface area (Å²) in [5.41, 5.74) is 3.24. The van der Waals surface area contributed by atoms with Crippen LogP contribution in [-0.4, -0.2) is 24.2 Å². The molecule has 1 aromatic rings. The molecule has 98 valence electrons. The fourth-order valence-corrected chi connectivity index (χ4v) is 3.13. The van der Waals surface area contributed by atoms with Crippen molar-refractivity contribution in [2.45, 2.75) is 26.7 Å². The molecule has 0 aliphatic carbocycles. The highest BCUT2D eigenvalue weighted by Crippen LogP contribution is 2.33. The molecular formula is C14H18ClNO2. The van der Waals surface area contributed by atoms with Crippen LogP contribution in [0, 0.1) is 19.8 Å². The standard InChI is InChI=1S/C14H18ClNO2/c1-9-6-10(2)13(12(15)7-9)16-5-3-4-11(8-16)14(17)18/h6-7,11H,3-5,8H2,1-2H3,(H,17,18). The van der Waals surface area contributed by atoms with E-state index in [0.717, 1.165) is 41.2 Å². The Morgan fingerprint density at radius 1 is 1.44 bits per heavy atom. The average Bonchev–Trinajstić information content (AvgIpc) is 2.28. The Labute approximate surface area is 112 Å². The Bertz CT molecular complexity index is 450. The topological polar surface area (TPSA) is 40.5 Å². The lowest BCUT2D eigenvalue weighted by molar-refractivity contribution is -0.141. The summed E-state index contributed by atoms with van der Waals surface area (Å²) in [4.78, 5) is 13.2. The first-order valence-electron chi connectivity index (χ1n) is 6.23. The minimum absolute atomic E-state index is 0.282. The number of anilines is 1. The third kappa shape index (κ3) is 2.61. The van der Waals surface area contributed by atoms with Gasteiger partial charge in [-0.3, -0.25) is 4.79 Å². The van der Waals surface area contributed by atoms with Gasteiger partial charge in [-0.25, -0.2) is 0 Å². The largest absolute Gasteiger partial charge is 0.481 e. The van der Waals surface area contributed by atoms with Crippen LogP contribution in [-0.2, 0) is 4.79 Å². The molecule has 1 fully saturated rings. The molecule has 0 spiro atoms. The number of aliphatic carboxylic acids is 1. The maximum absolute atomic E-state index is 11.1. The molecule has 1 saturated heterocycles. The predicted octanol–water partition coefficient (Wildman–Crippen LogP) is 3.26. The minimum Gasteiger partial charge on any atom is -0.481 e. The van der Waals surface area contributed by atoms with Crippen molar-refractivity contribution in [3.05, 3.63) is 28.3 Å². The van der Waals surface area contributed by atoms with E-state index in [0.29, 0.717) is 6.54 Å². The molecule has 4 heteroatoms. The molecule has 0 aromatic heterocycles. The second-order valence-electron chi connectivity index (χ2n) is 5.04. The molecule has 0 amide bonds. The second-order valence-corrected chi connectivity index (χ2v) is 5.44. The first-order valence-corrected chi connectivity index (χ1v) is 6.61.